The second-order valence-corrected chi connectivity index (χ2v) is 7.39. The maximum absolute atomic E-state index is 12.2. The number of carbonyl (C=O) groups excluding carboxylic acids is 1. The summed E-state index contributed by atoms with van der Waals surface area (Å²) in [4.78, 5) is 14.4. The lowest BCUT2D eigenvalue weighted by atomic mass is 10.1. The van der Waals surface area contributed by atoms with Gasteiger partial charge in [-0.1, -0.05) is 0 Å². The smallest absolute Gasteiger partial charge is 0.222 e. The Morgan fingerprint density at radius 1 is 1.32 bits per heavy atom. The monoisotopic (exact) mass is 348 g/mol. The fraction of sp³-hybridized carbons (Fsp3) is 0.722. The number of aromatic nitrogens is 4. The van der Waals surface area contributed by atoms with Gasteiger partial charge in [-0.2, -0.15) is 10.2 Å². The van der Waals surface area contributed by atoms with Gasteiger partial charge < -0.3 is 10.2 Å². The number of rotatable bonds is 9. The molecular formula is C18H32N6O. The van der Waals surface area contributed by atoms with Gasteiger partial charge in [-0.25, -0.2) is 0 Å². The average Bonchev–Trinajstić information content (AvgIpc) is 3.06. The molecule has 0 saturated carbocycles. The molecule has 1 unspecified atom stereocenters. The molecule has 0 radical (unpaired) electrons. The van der Waals surface area contributed by atoms with Crippen molar-refractivity contribution >= 4 is 16.9 Å². The number of carbonyl (C=O) groups is 1. The number of nitrogens with zero attached hydrogens (tertiary/aromatic N) is 5. The quantitative estimate of drug-likeness (QED) is 0.755. The zero-order valence-electron chi connectivity index (χ0n) is 16.4. The van der Waals surface area contributed by atoms with Gasteiger partial charge in [0.15, 0.2) is 0 Å². The molecule has 0 aliphatic heterocycles. The van der Waals surface area contributed by atoms with Crippen LogP contribution >= 0.6 is 0 Å². The highest BCUT2D eigenvalue weighted by Gasteiger charge is 2.16. The van der Waals surface area contributed by atoms with Crippen LogP contribution in [-0.4, -0.2) is 57.1 Å². The summed E-state index contributed by atoms with van der Waals surface area (Å²) in [6.07, 6.45) is 4.36. The molecule has 7 nitrogen and oxygen atoms in total. The molecule has 0 bridgehead atoms. The molecule has 1 amide bonds. The van der Waals surface area contributed by atoms with E-state index < -0.39 is 0 Å². The summed E-state index contributed by atoms with van der Waals surface area (Å²) in [7, 11) is 4.13. The Balaban J connectivity index is 1.89. The van der Waals surface area contributed by atoms with Crippen LogP contribution in [0.1, 0.15) is 51.8 Å². The summed E-state index contributed by atoms with van der Waals surface area (Å²) in [5.74, 6) is 0.0786. The summed E-state index contributed by atoms with van der Waals surface area (Å²) in [6.45, 7) is 9.89. The normalized spacial score (nSPS) is 13.1. The zero-order chi connectivity index (χ0) is 18.6. The third-order valence-corrected chi connectivity index (χ3v) is 4.36. The van der Waals surface area contributed by atoms with Crippen molar-refractivity contribution in [3.05, 3.63) is 11.9 Å². The number of hydrogen-bond acceptors (Lipinski definition) is 4. The highest BCUT2D eigenvalue weighted by Crippen LogP contribution is 2.21. The largest absolute Gasteiger partial charge is 0.354 e. The van der Waals surface area contributed by atoms with Crippen LogP contribution in [0.3, 0.4) is 0 Å². The van der Waals surface area contributed by atoms with E-state index in [0.29, 0.717) is 19.0 Å². The number of aryl methyl sites for hydroxylation is 2. The molecule has 2 aromatic rings. The minimum atomic E-state index is 0.0786. The second kappa shape index (κ2) is 8.47. The Morgan fingerprint density at radius 3 is 2.68 bits per heavy atom. The van der Waals surface area contributed by atoms with Crippen LogP contribution < -0.4 is 5.32 Å². The predicted molar refractivity (Wildman–Crippen MR) is 101 cm³/mol. The van der Waals surface area contributed by atoms with Crippen LogP contribution in [0.5, 0.6) is 0 Å². The molecule has 1 N–H and O–H groups in total. The van der Waals surface area contributed by atoms with Crippen LogP contribution in [-0.2, 0) is 11.3 Å². The van der Waals surface area contributed by atoms with E-state index in [-0.39, 0.29) is 11.9 Å². The van der Waals surface area contributed by atoms with Gasteiger partial charge in [-0.3, -0.25) is 14.2 Å². The van der Waals surface area contributed by atoms with Gasteiger partial charge in [0.05, 0.1) is 18.4 Å². The minimum absolute atomic E-state index is 0.0786. The molecule has 140 valence electrons. The highest BCUT2D eigenvalue weighted by molar-refractivity contribution is 5.79. The lowest BCUT2D eigenvalue weighted by Crippen LogP contribution is -2.33. The van der Waals surface area contributed by atoms with Crippen LogP contribution in [0.15, 0.2) is 6.20 Å². The van der Waals surface area contributed by atoms with E-state index in [1.54, 1.807) is 0 Å². The number of hydrogen-bond donors (Lipinski definition) is 1. The lowest BCUT2D eigenvalue weighted by molar-refractivity contribution is -0.122. The first kappa shape index (κ1) is 19.4. The topological polar surface area (TPSA) is 68.0 Å². The van der Waals surface area contributed by atoms with Gasteiger partial charge in [0.1, 0.15) is 11.0 Å². The molecule has 0 spiro atoms. The van der Waals surface area contributed by atoms with Crippen LogP contribution in [0.2, 0.25) is 0 Å². The first-order chi connectivity index (χ1) is 11.8. The molecule has 0 aliphatic rings. The summed E-state index contributed by atoms with van der Waals surface area (Å²) in [6, 6.07) is 0.496. The molecular weight excluding hydrogens is 316 g/mol. The third-order valence-electron chi connectivity index (χ3n) is 4.36. The van der Waals surface area contributed by atoms with Crippen LogP contribution in [0, 0.1) is 6.92 Å². The third kappa shape index (κ3) is 5.04. The van der Waals surface area contributed by atoms with Crippen molar-refractivity contribution in [2.45, 2.75) is 65.6 Å². The molecule has 1 atom stereocenters. The van der Waals surface area contributed by atoms with Crippen molar-refractivity contribution in [2.24, 2.45) is 0 Å². The zero-order valence-corrected chi connectivity index (χ0v) is 16.4. The second-order valence-electron chi connectivity index (χ2n) is 7.39. The molecule has 2 heterocycles. The number of amides is 1. The fourth-order valence-electron chi connectivity index (χ4n) is 3.08. The van der Waals surface area contributed by atoms with E-state index in [1.165, 1.54) is 0 Å². The Kier molecular flexibility index (Phi) is 6.58. The average molecular weight is 348 g/mol. The van der Waals surface area contributed by atoms with Gasteiger partial charge >= 0.3 is 0 Å². The van der Waals surface area contributed by atoms with E-state index in [1.807, 2.05) is 22.5 Å². The van der Waals surface area contributed by atoms with Gasteiger partial charge in [-0.15, -0.1) is 0 Å². The Hall–Kier alpha value is -1.89. The number of nitrogens with one attached hydrogen (secondary N) is 1. The summed E-state index contributed by atoms with van der Waals surface area (Å²) in [5, 5.41) is 12.1. The maximum Gasteiger partial charge on any atom is 0.222 e. The Bertz CT molecular complexity index is 700. The summed E-state index contributed by atoms with van der Waals surface area (Å²) in [5.41, 5.74) is 3.02. The molecule has 7 heteroatoms. The summed E-state index contributed by atoms with van der Waals surface area (Å²) < 4.78 is 3.88. The van der Waals surface area contributed by atoms with Crippen molar-refractivity contribution in [2.75, 3.05) is 20.6 Å². The molecule has 0 aromatic carbocycles. The maximum atomic E-state index is 12.2. The fourth-order valence-corrected chi connectivity index (χ4v) is 3.08. The number of fused-ring (bicyclic) bond motifs is 1. The van der Waals surface area contributed by atoms with Crippen molar-refractivity contribution in [3.8, 4) is 0 Å². The first-order valence-corrected chi connectivity index (χ1v) is 9.14. The first-order valence-electron chi connectivity index (χ1n) is 9.14. The molecule has 0 saturated heterocycles. The van der Waals surface area contributed by atoms with Crippen molar-refractivity contribution < 1.29 is 4.79 Å². The van der Waals surface area contributed by atoms with Gasteiger partial charge in [0.2, 0.25) is 5.91 Å². The van der Waals surface area contributed by atoms with E-state index in [2.05, 4.69) is 55.3 Å². The van der Waals surface area contributed by atoms with Crippen molar-refractivity contribution in [3.63, 3.8) is 0 Å². The van der Waals surface area contributed by atoms with Gasteiger partial charge in [-0.05, 0) is 61.2 Å². The highest BCUT2D eigenvalue weighted by atomic mass is 16.1. The summed E-state index contributed by atoms with van der Waals surface area (Å²) >= 11 is 0. The molecule has 0 aliphatic carbocycles. The Labute approximate surface area is 150 Å². The van der Waals surface area contributed by atoms with Gasteiger partial charge in [0, 0.05) is 18.5 Å². The van der Waals surface area contributed by atoms with Crippen LogP contribution in [0.4, 0.5) is 0 Å². The minimum Gasteiger partial charge on any atom is -0.354 e. The predicted octanol–water partition coefficient (Wildman–Crippen LogP) is 2.36. The Morgan fingerprint density at radius 2 is 2.04 bits per heavy atom. The SMILES string of the molecule is Cc1nn(C(C)C)c2cnn(CCC(=O)NC(C)CCCN(C)C)c12. The van der Waals surface area contributed by atoms with E-state index in [4.69, 9.17) is 0 Å². The molecule has 2 aromatic heterocycles. The molecule has 0 fully saturated rings. The van der Waals surface area contributed by atoms with E-state index >= 15 is 0 Å². The van der Waals surface area contributed by atoms with Crippen molar-refractivity contribution in [1.29, 1.82) is 0 Å². The molecule has 25 heavy (non-hydrogen) atoms. The molecule has 2 rings (SSSR count). The van der Waals surface area contributed by atoms with E-state index in [9.17, 15) is 4.79 Å². The van der Waals surface area contributed by atoms with E-state index in [0.717, 1.165) is 36.1 Å². The van der Waals surface area contributed by atoms with Crippen LogP contribution in [0.25, 0.3) is 11.0 Å². The van der Waals surface area contributed by atoms with Gasteiger partial charge in [0.25, 0.3) is 0 Å². The van der Waals surface area contributed by atoms with Crippen molar-refractivity contribution in [1.82, 2.24) is 29.8 Å². The standard InChI is InChI=1S/C18H32N6O/c1-13(2)24-16-12-19-23(18(16)15(4)21-24)11-9-17(25)20-14(3)8-7-10-22(5)6/h12-14H,7-11H2,1-6H3,(H,20,25). The lowest BCUT2D eigenvalue weighted by Gasteiger charge is -2.15.